The summed E-state index contributed by atoms with van der Waals surface area (Å²) in [5.41, 5.74) is 2.57. The molecule has 0 unspecified atom stereocenters. The number of carbonyl (C=O) groups is 1. The summed E-state index contributed by atoms with van der Waals surface area (Å²) >= 11 is 0. The molecule has 0 saturated carbocycles. The van der Waals surface area contributed by atoms with E-state index in [0.717, 1.165) is 57.2 Å². The first kappa shape index (κ1) is 29.9. The molecule has 212 valence electrons. The van der Waals surface area contributed by atoms with E-state index in [2.05, 4.69) is 10.3 Å². The molecule has 3 aromatic rings. The quantitative estimate of drug-likeness (QED) is 0.129. The van der Waals surface area contributed by atoms with Crippen LogP contribution in [0.4, 0.5) is 0 Å². The third-order valence-corrected chi connectivity index (χ3v) is 6.30. The lowest BCUT2D eigenvalue weighted by Gasteiger charge is -2.14. The van der Waals surface area contributed by atoms with Gasteiger partial charge < -0.3 is 30.1 Å². The van der Waals surface area contributed by atoms with Crippen LogP contribution in [-0.2, 0) is 27.3 Å². The van der Waals surface area contributed by atoms with Crippen LogP contribution < -0.4 is 11.0 Å². The molecule has 10 heteroatoms. The number of aliphatic hydroxyl groups excluding tert-OH is 1. The average Bonchev–Trinajstić information content (AvgIpc) is 3.26. The number of imidazole rings is 1. The Balaban J connectivity index is 1.20. The van der Waals surface area contributed by atoms with E-state index in [1.165, 1.54) is 23.8 Å². The van der Waals surface area contributed by atoms with Crippen molar-refractivity contribution in [2.45, 2.75) is 58.2 Å². The molecule has 0 saturated heterocycles. The lowest BCUT2D eigenvalue weighted by Crippen LogP contribution is -2.22. The highest BCUT2D eigenvalue weighted by atomic mass is 16.5. The van der Waals surface area contributed by atoms with Gasteiger partial charge in [0.05, 0.1) is 18.0 Å². The minimum Gasteiger partial charge on any atom is -0.508 e. The van der Waals surface area contributed by atoms with Gasteiger partial charge in [0.2, 0.25) is 5.88 Å². The van der Waals surface area contributed by atoms with Crippen LogP contribution in [0, 0.1) is 0 Å². The summed E-state index contributed by atoms with van der Waals surface area (Å²) in [4.78, 5) is 25.2. The second-order valence-corrected chi connectivity index (χ2v) is 9.50. The van der Waals surface area contributed by atoms with Crippen LogP contribution in [0.1, 0.15) is 61.8 Å². The Morgan fingerprint density at radius 2 is 1.85 bits per heavy atom. The molecule has 0 fully saturated rings. The Hall–Kier alpha value is -3.60. The molecule has 0 aliphatic rings. The maximum atomic E-state index is 11.8. The number of benzene rings is 2. The minimum atomic E-state index is -0.720. The predicted octanol–water partition coefficient (Wildman–Crippen LogP) is 3.47. The van der Waals surface area contributed by atoms with E-state index in [4.69, 9.17) is 9.47 Å². The maximum Gasteiger partial charge on any atom is 0.332 e. The highest BCUT2D eigenvalue weighted by Crippen LogP contribution is 2.23. The van der Waals surface area contributed by atoms with Crippen LogP contribution in [0.3, 0.4) is 0 Å². The molecule has 0 amide bonds. The molecule has 10 nitrogen and oxygen atoms in total. The monoisotopic (exact) mass is 541 g/mol. The van der Waals surface area contributed by atoms with Gasteiger partial charge in [-0.3, -0.25) is 14.3 Å². The average molecular weight is 542 g/mol. The normalized spacial score (nSPS) is 11.9. The zero-order valence-electron chi connectivity index (χ0n) is 22.4. The van der Waals surface area contributed by atoms with E-state index >= 15 is 0 Å². The number of phenols is 1. The SMILES string of the molecule is CC(=O)OCc1cc([C@@H](O)CNCCCCCCOCCCc2cccc(-n3cc(O)[nH]c3=O)c2)ccc1O. The summed E-state index contributed by atoms with van der Waals surface area (Å²) in [6, 6.07) is 12.5. The van der Waals surface area contributed by atoms with Gasteiger partial charge in [0.15, 0.2) is 0 Å². The number of phenolic OH excluding ortho intramolecular Hbond substituents is 1. The third-order valence-electron chi connectivity index (χ3n) is 6.30. The number of unbranched alkanes of at least 4 members (excludes halogenated alkanes) is 3. The van der Waals surface area contributed by atoms with Gasteiger partial charge in [0, 0.05) is 32.2 Å². The molecule has 1 heterocycles. The number of aromatic hydroxyl groups is 2. The first-order chi connectivity index (χ1) is 18.8. The van der Waals surface area contributed by atoms with Crippen molar-refractivity contribution < 1.29 is 29.6 Å². The van der Waals surface area contributed by atoms with Crippen molar-refractivity contribution in [2.24, 2.45) is 0 Å². The Morgan fingerprint density at radius 1 is 1.05 bits per heavy atom. The van der Waals surface area contributed by atoms with Crippen molar-refractivity contribution >= 4 is 5.97 Å². The van der Waals surface area contributed by atoms with E-state index in [-0.39, 0.29) is 23.9 Å². The van der Waals surface area contributed by atoms with Crippen molar-refractivity contribution in [1.82, 2.24) is 14.9 Å². The van der Waals surface area contributed by atoms with Gasteiger partial charge in [-0.2, -0.15) is 0 Å². The minimum absolute atomic E-state index is 0.0301. The molecule has 39 heavy (non-hydrogen) atoms. The zero-order valence-corrected chi connectivity index (χ0v) is 22.4. The zero-order chi connectivity index (χ0) is 28.0. The van der Waals surface area contributed by atoms with Gasteiger partial charge in [-0.25, -0.2) is 4.79 Å². The second-order valence-electron chi connectivity index (χ2n) is 9.50. The number of aryl methyl sites for hydroxylation is 1. The molecular formula is C29H39N3O7. The van der Waals surface area contributed by atoms with Crippen molar-refractivity contribution in [3.05, 3.63) is 75.8 Å². The molecule has 1 aromatic heterocycles. The lowest BCUT2D eigenvalue weighted by molar-refractivity contribution is -0.142. The van der Waals surface area contributed by atoms with E-state index < -0.39 is 12.1 Å². The number of hydrogen-bond acceptors (Lipinski definition) is 8. The second kappa shape index (κ2) is 15.7. The standard InChI is InChI=1S/C29H39N3O7/c1-21(33)39-20-24-17-23(11-12-26(24)34)27(35)18-30-13-4-2-3-5-14-38-15-7-9-22-8-6-10-25(16-22)32-19-28(36)31-29(32)37/h6,8,10-12,16-17,19,27,30,34-36H,2-5,7,9,13-15,18,20H2,1H3,(H,31,37)/t27-/m0/s1. The summed E-state index contributed by atoms with van der Waals surface area (Å²) in [6.07, 6.45) is 6.51. The maximum absolute atomic E-state index is 11.8. The number of aliphatic hydroxyl groups is 1. The molecule has 0 radical (unpaired) electrons. The highest BCUT2D eigenvalue weighted by Gasteiger charge is 2.11. The fourth-order valence-corrected chi connectivity index (χ4v) is 4.19. The van der Waals surface area contributed by atoms with Crippen molar-refractivity contribution in [1.29, 1.82) is 0 Å². The number of rotatable bonds is 17. The van der Waals surface area contributed by atoms with E-state index in [9.17, 15) is 24.9 Å². The molecule has 0 bridgehead atoms. The number of nitrogens with zero attached hydrogens (tertiary/aromatic N) is 1. The van der Waals surface area contributed by atoms with Crippen LogP contribution >= 0.6 is 0 Å². The van der Waals surface area contributed by atoms with Gasteiger partial charge in [0.25, 0.3) is 0 Å². The summed E-state index contributed by atoms with van der Waals surface area (Å²) in [5.74, 6) is -0.555. The van der Waals surface area contributed by atoms with Crippen LogP contribution in [0.25, 0.3) is 5.69 Å². The first-order valence-electron chi connectivity index (χ1n) is 13.3. The predicted molar refractivity (Wildman–Crippen MR) is 147 cm³/mol. The summed E-state index contributed by atoms with van der Waals surface area (Å²) in [6.45, 7) is 3.87. The van der Waals surface area contributed by atoms with Crippen LogP contribution in [0.5, 0.6) is 11.6 Å². The molecule has 0 aliphatic heterocycles. The Bertz CT molecular complexity index is 1240. The van der Waals surface area contributed by atoms with Crippen LogP contribution in [0.2, 0.25) is 0 Å². The molecule has 1 atom stereocenters. The number of hydrogen-bond donors (Lipinski definition) is 5. The molecule has 0 aliphatic carbocycles. The fourth-order valence-electron chi connectivity index (χ4n) is 4.19. The van der Waals surface area contributed by atoms with Crippen LogP contribution in [0.15, 0.2) is 53.5 Å². The Kier molecular flexibility index (Phi) is 12.1. The van der Waals surface area contributed by atoms with E-state index in [1.54, 1.807) is 12.1 Å². The Labute approximate surface area is 228 Å². The number of nitrogens with one attached hydrogen (secondary N) is 2. The van der Waals surface area contributed by atoms with Crippen LogP contribution in [-0.4, -0.2) is 57.1 Å². The smallest absolute Gasteiger partial charge is 0.332 e. The topological polar surface area (TPSA) is 146 Å². The van der Waals surface area contributed by atoms with Gasteiger partial charge >= 0.3 is 11.7 Å². The summed E-state index contributed by atoms with van der Waals surface area (Å²) in [5, 5.41) is 33.0. The van der Waals surface area contributed by atoms with Crippen molar-refractivity contribution in [2.75, 3.05) is 26.3 Å². The Morgan fingerprint density at radius 3 is 2.62 bits per heavy atom. The van der Waals surface area contributed by atoms with Gasteiger partial charge in [-0.15, -0.1) is 0 Å². The summed E-state index contributed by atoms with van der Waals surface area (Å²) in [7, 11) is 0. The molecule has 2 aromatic carbocycles. The van der Waals surface area contributed by atoms with Gasteiger partial charge in [-0.1, -0.05) is 31.0 Å². The first-order valence-corrected chi connectivity index (χ1v) is 13.3. The number of carbonyl (C=O) groups excluding carboxylic acids is 1. The van der Waals surface area contributed by atoms with Gasteiger partial charge in [-0.05, 0) is 67.6 Å². The van der Waals surface area contributed by atoms with E-state index in [0.29, 0.717) is 30.0 Å². The molecular weight excluding hydrogens is 502 g/mol. The fraction of sp³-hybridized carbons (Fsp3) is 0.448. The molecule has 5 N–H and O–H groups in total. The number of aromatic amines is 1. The van der Waals surface area contributed by atoms with E-state index in [1.807, 2.05) is 24.3 Å². The number of aromatic nitrogens is 2. The lowest BCUT2D eigenvalue weighted by atomic mass is 10.1. The largest absolute Gasteiger partial charge is 0.508 e. The van der Waals surface area contributed by atoms with Gasteiger partial charge in [0.1, 0.15) is 12.4 Å². The number of H-pyrrole nitrogens is 1. The highest BCUT2D eigenvalue weighted by molar-refractivity contribution is 5.66. The number of esters is 1. The molecule has 0 spiro atoms. The summed E-state index contributed by atoms with van der Waals surface area (Å²) < 4.78 is 12.1. The van der Waals surface area contributed by atoms with Crippen molar-refractivity contribution in [3.63, 3.8) is 0 Å². The van der Waals surface area contributed by atoms with Crippen molar-refractivity contribution in [3.8, 4) is 17.3 Å². The molecule has 3 rings (SSSR count). The number of ether oxygens (including phenoxy) is 2. The third kappa shape index (κ3) is 10.2.